The molecule has 0 bridgehead atoms. The fourth-order valence-electron chi connectivity index (χ4n) is 18.6. The van der Waals surface area contributed by atoms with Crippen molar-refractivity contribution in [2.75, 3.05) is 72.7 Å². The maximum atomic E-state index is 13.5. The van der Waals surface area contributed by atoms with Gasteiger partial charge < -0.3 is 280 Å². The topological polar surface area (TPSA) is 964 Å². The molecule has 11 fully saturated rings. The summed E-state index contributed by atoms with van der Waals surface area (Å²) in [5, 5.41) is 336. The summed E-state index contributed by atoms with van der Waals surface area (Å²) in [6.07, 6.45) is -104. The van der Waals surface area contributed by atoms with E-state index in [1.54, 1.807) is 0 Å². The zero-order valence-corrected chi connectivity index (χ0v) is 77.5. The second-order valence-electron chi connectivity index (χ2n) is 36.0. The number of aliphatic hydroxyl groups excluding tert-OH is 28. The molecule has 0 spiro atoms. The van der Waals surface area contributed by atoms with Crippen LogP contribution >= 0.6 is 0 Å². The average molecular weight is 2090 g/mol. The van der Waals surface area contributed by atoms with Gasteiger partial charge in [-0.1, -0.05) is 0 Å². The van der Waals surface area contributed by atoms with Gasteiger partial charge in [-0.05, 0) is 0 Å². The Bertz CT molecular complexity index is 4050. The van der Waals surface area contributed by atoms with Crippen LogP contribution in [0, 0.1) is 0 Å². The fourth-order valence-corrected chi connectivity index (χ4v) is 18.6. The van der Waals surface area contributed by atoms with Crippen LogP contribution in [0.15, 0.2) is 0 Å². The molecule has 11 aliphatic rings. The highest BCUT2D eigenvalue weighted by Gasteiger charge is 2.64. The maximum Gasteiger partial charge on any atom is 0.217 e. The number of carbonyl (C=O) groups excluding carboxylic acids is 7. The molecule has 63 heteroatoms. The molecule has 11 aliphatic heterocycles. The van der Waals surface area contributed by atoms with E-state index in [9.17, 15) is 177 Å². The SMILES string of the molecule is CC(=O)N[C@@H]1[C@@H](O)[C@H](O[C@@H]2O[C@H](CO)[C@@H](O[C@@H]3O[C@H](CO[C@H]4O[C@H](CO)[C@@H](O)[C@H](O)[C@@H]4O[C@@H]4O[C@H](CO)[C@@H](O[C@@H]5O[C@H](CO)[C@H](O)[C@H](O)[C@H]5NC(C)=O)[C@H](O)[C@H]4NC(C)=O)[C@@H](O)[C@H](O[C@H]4O[C@H](CO)[C@@H](O[C@@H]5O[C@H](CO)[C@@H](O[C@@H]6O[C@H](CO)[C@H](O)[C@H](O)[C@H]6O)[C@H](O)[C@H]5NC(C)=O)[C@H](O)[C@@H]4O[C@@H]4O[C@H](CO)[C@@H](O[C@@H]5O[C@H](CO)[C@H](O)[C@H](O)[C@H]5NC(C)=O)[C@H](O)[C@H]4NC(C)=O)[C@@H]3O)[C@H](O)[C@H]2NC(C)=O)[C@@H](CO)O[C@H]1O. The number of carbonyl (C=O) groups is 7. The van der Waals surface area contributed by atoms with Crippen molar-refractivity contribution in [3.05, 3.63) is 0 Å². The Balaban J connectivity index is 0.993. The van der Waals surface area contributed by atoms with E-state index in [1.165, 1.54) is 0 Å². The van der Waals surface area contributed by atoms with E-state index in [0.717, 1.165) is 48.5 Å². The Morgan fingerprint density at radius 1 is 0.182 bits per heavy atom. The van der Waals surface area contributed by atoms with E-state index in [2.05, 4.69) is 37.2 Å². The first-order valence-electron chi connectivity index (χ1n) is 45.6. The van der Waals surface area contributed by atoms with Gasteiger partial charge in [0.05, 0.1) is 72.7 Å². The number of nitrogens with one attached hydrogen (secondary N) is 7. The second-order valence-corrected chi connectivity index (χ2v) is 36.0. The Morgan fingerprint density at radius 3 is 0.706 bits per heavy atom. The maximum absolute atomic E-state index is 13.5. The van der Waals surface area contributed by atoms with Crippen LogP contribution in [-0.2, 0) is 133 Å². The molecular formula is C80H133N7O56. The van der Waals surface area contributed by atoms with Crippen molar-refractivity contribution in [1.29, 1.82) is 0 Å². The number of rotatable bonds is 38. The molecule has 11 heterocycles. The molecule has 0 saturated carbocycles. The molecule has 11 saturated heterocycles. The van der Waals surface area contributed by atoms with Gasteiger partial charge in [-0.15, -0.1) is 0 Å². The number of hydrogen-bond donors (Lipinski definition) is 35. The van der Waals surface area contributed by atoms with Crippen molar-refractivity contribution >= 4 is 41.4 Å². The lowest BCUT2D eigenvalue weighted by molar-refractivity contribution is -0.406. The summed E-state index contributed by atoms with van der Waals surface area (Å²) in [5.74, 6) is -6.65. The van der Waals surface area contributed by atoms with Crippen molar-refractivity contribution in [3.8, 4) is 0 Å². The third kappa shape index (κ3) is 26.7. The van der Waals surface area contributed by atoms with Crippen LogP contribution in [0.4, 0.5) is 0 Å². The highest BCUT2D eigenvalue weighted by Crippen LogP contribution is 2.43. The van der Waals surface area contributed by atoms with Gasteiger partial charge in [0.2, 0.25) is 41.4 Å². The molecule has 7 amide bonds. The quantitative estimate of drug-likeness (QED) is 0.0273. The van der Waals surface area contributed by atoms with Gasteiger partial charge in [0.25, 0.3) is 0 Å². The lowest BCUT2D eigenvalue weighted by Crippen LogP contribution is -2.72. The van der Waals surface area contributed by atoms with Gasteiger partial charge >= 0.3 is 0 Å². The van der Waals surface area contributed by atoms with Crippen LogP contribution in [0.1, 0.15) is 48.5 Å². The van der Waals surface area contributed by atoms with Gasteiger partial charge in [-0.25, -0.2) is 0 Å². The molecular weight excluding hydrogens is 1950 g/mol. The lowest BCUT2D eigenvalue weighted by atomic mass is 9.93. The Morgan fingerprint density at radius 2 is 0.392 bits per heavy atom. The van der Waals surface area contributed by atoms with Crippen molar-refractivity contribution in [1.82, 2.24) is 37.2 Å². The van der Waals surface area contributed by atoms with Crippen LogP contribution in [0.2, 0.25) is 0 Å². The van der Waals surface area contributed by atoms with Crippen molar-refractivity contribution < 1.29 is 276 Å². The van der Waals surface area contributed by atoms with Crippen LogP contribution < -0.4 is 37.2 Å². The van der Waals surface area contributed by atoms with E-state index in [4.69, 9.17) is 99.5 Å². The van der Waals surface area contributed by atoms with Gasteiger partial charge in [0, 0.05) is 48.5 Å². The van der Waals surface area contributed by atoms with Crippen LogP contribution in [0.25, 0.3) is 0 Å². The lowest BCUT2D eigenvalue weighted by Gasteiger charge is -2.52. The summed E-state index contributed by atoms with van der Waals surface area (Å²) < 4.78 is 128. The minimum absolute atomic E-state index is 0.834. The zero-order valence-electron chi connectivity index (χ0n) is 77.5. The number of amides is 7. The Kier molecular flexibility index (Phi) is 42.7. The molecule has 143 heavy (non-hydrogen) atoms. The highest BCUT2D eigenvalue weighted by atomic mass is 16.8. The third-order valence-corrected chi connectivity index (χ3v) is 25.8. The third-order valence-electron chi connectivity index (χ3n) is 25.8. The molecule has 11 rings (SSSR count). The first-order valence-corrected chi connectivity index (χ1v) is 45.6. The minimum Gasteiger partial charge on any atom is -0.394 e. The van der Waals surface area contributed by atoms with E-state index >= 15 is 0 Å². The summed E-state index contributed by atoms with van der Waals surface area (Å²) in [6.45, 7) is -6.49. The molecule has 0 radical (unpaired) electrons. The monoisotopic (exact) mass is 2090 g/mol. The van der Waals surface area contributed by atoms with Crippen molar-refractivity contribution in [2.45, 2.75) is 386 Å². The molecule has 0 aromatic rings. The fraction of sp³-hybridized carbons (Fsp3) is 0.912. The normalized spacial score (nSPS) is 47.3. The van der Waals surface area contributed by atoms with E-state index in [-0.39, 0.29) is 0 Å². The van der Waals surface area contributed by atoms with Crippen LogP contribution in [0.5, 0.6) is 0 Å². The first-order chi connectivity index (χ1) is 67.7. The Hall–Kier alpha value is -5.67. The molecule has 0 aromatic heterocycles. The van der Waals surface area contributed by atoms with Gasteiger partial charge in [0.15, 0.2) is 69.2 Å². The minimum atomic E-state index is -2.77. The molecule has 0 aliphatic carbocycles. The van der Waals surface area contributed by atoms with E-state index in [1.807, 2.05) is 0 Å². The summed E-state index contributed by atoms with van der Waals surface area (Å²) in [7, 11) is 0. The molecule has 55 atom stereocenters. The van der Waals surface area contributed by atoms with E-state index in [0.29, 0.717) is 0 Å². The number of hydrogen-bond acceptors (Lipinski definition) is 56. The summed E-state index contributed by atoms with van der Waals surface area (Å²) in [5.41, 5.74) is 0. The van der Waals surface area contributed by atoms with Crippen molar-refractivity contribution in [3.63, 3.8) is 0 Å². The smallest absolute Gasteiger partial charge is 0.217 e. The standard InChI is InChI=1S/C80H133N7O56/c1-19(98)81-37-51(112)61(30(12-92)124-70(37)122)135-73-40(84-22(4)101)55(116)65(34(16-96)129-73)140-78-60(121)67(48(109)36(134-78)18-123-79-68(57(118)47(108)29(11-91)128-79)142-75-42(86-24(6)103)52(113)62(31(13-93)131-75)136-71-38(82-20(2)99)49(110)44(105)26(8-88)125-71)141-80-69(143-76-43(87-25(7)104)53(114)63(32(14-94)132-76)137-72-39(83-21(3)100)50(111)45(106)27(9-89)126-72)59(120)66(35(17-97)133-80)138-74-41(85-23(5)102)54(115)64(33(15-95)130-74)139-77-58(119)56(117)46(107)28(10-90)127-77/h26-80,88-97,105-122H,8-18H2,1-7H3,(H,81,98)(H,82,99)(H,83,100)(H,84,101)(H,85,102)(H,86,103)(H,87,104)/t26-,27-,28-,29-,30-,31-,32-,33-,34-,35-,36-,37-,38-,39-,40-,41-,42-,43-,44+,45+,46+,47-,48-,49-,50-,51-,52-,53-,54-,55-,56+,57+,58-,59+,60+,61-,62-,63-,64-,65-,66-,67+,68+,69+,70-,71+,72+,73+,74+,75+,76+,77+,78+,79+,80-/m1/s1. The molecule has 35 N–H and O–H groups in total. The predicted octanol–water partition coefficient (Wildman–Crippen LogP) is -24.0. The highest BCUT2D eigenvalue weighted by molar-refractivity contribution is 5.75. The van der Waals surface area contributed by atoms with Gasteiger partial charge in [-0.2, -0.15) is 0 Å². The summed E-state index contributed by atoms with van der Waals surface area (Å²) >= 11 is 0. The van der Waals surface area contributed by atoms with E-state index < -0.39 is 451 Å². The second kappa shape index (κ2) is 51.9. The molecule has 0 unspecified atom stereocenters. The first kappa shape index (κ1) is 118. The zero-order chi connectivity index (χ0) is 105. The number of ether oxygens (including phenoxy) is 21. The van der Waals surface area contributed by atoms with Crippen LogP contribution in [0.3, 0.4) is 0 Å². The van der Waals surface area contributed by atoms with Gasteiger partial charge in [0.1, 0.15) is 268 Å². The van der Waals surface area contributed by atoms with Crippen LogP contribution in [-0.4, -0.2) is 594 Å². The molecule has 824 valence electrons. The Labute approximate surface area is 810 Å². The molecule has 63 nitrogen and oxygen atoms in total. The van der Waals surface area contributed by atoms with Gasteiger partial charge in [-0.3, -0.25) is 33.6 Å². The summed E-state index contributed by atoms with van der Waals surface area (Å²) in [6, 6.07) is -13.5. The average Bonchev–Trinajstić information content (AvgIpc) is 0.754. The largest absolute Gasteiger partial charge is 0.394 e. The predicted molar refractivity (Wildman–Crippen MR) is 444 cm³/mol. The summed E-state index contributed by atoms with van der Waals surface area (Å²) in [4.78, 5) is 90.7. The number of aliphatic hydroxyl groups is 28. The van der Waals surface area contributed by atoms with Crippen molar-refractivity contribution in [2.24, 2.45) is 0 Å². The molecule has 0 aromatic carbocycles.